The minimum absolute atomic E-state index is 0.0321. The van der Waals surface area contributed by atoms with Crippen molar-refractivity contribution in [3.8, 4) is 0 Å². The highest BCUT2D eigenvalue weighted by Crippen LogP contribution is 2.33. The van der Waals surface area contributed by atoms with Gasteiger partial charge < -0.3 is 14.9 Å². The fourth-order valence-corrected chi connectivity index (χ4v) is 2.24. The molecule has 6 nitrogen and oxygen atoms in total. The van der Waals surface area contributed by atoms with Crippen LogP contribution in [0.2, 0.25) is 0 Å². The molecule has 0 aromatic carbocycles. The van der Waals surface area contributed by atoms with Crippen LogP contribution in [-0.4, -0.2) is 49.2 Å². The predicted octanol–water partition coefficient (Wildman–Crippen LogP) is 0.251. The number of halogens is 1. The van der Waals surface area contributed by atoms with Crippen molar-refractivity contribution < 1.29 is 23.9 Å². The van der Waals surface area contributed by atoms with Gasteiger partial charge in [-0.05, 0) is 18.0 Å². The minimum atomic E-state index is -2.24. The molecular weight excluding hydrogens is 253 g/mol. The summed E-state index contributed by atoms with van der Waals surface area (Å²) in [6.07, 6.45) is 3.37. The van der Waals surface area contributed by atoms with E-state index in [0.29, 0.717) is 5.82 Å². The second-order valence-electron chi connectivity index (χ2n) is 4.58. The first kappa shape index (κ1) is 12.2. The van der Waals surface area contributed by atoms with E-state index in [2.05, 4.69) is 9.97 Å². The number of alkyl halides is 1. The summed E-state index contributed by atoms with van der Waals surface area (Å²) in [6, 6.07) is 0. The van der Waals surface area contributed by atoms with Gasteiger partial charge in [-0.3, -0.25) is 0 Å². The molecule has 1 saturated heterocycles. The zero-order valence-electron chi connectivity index (χ0n) is 10.2. The molecule has 0 amide bonds. The van der Waals surface area contributed by atoms with E-state index in [0.717, 1.165) is 11.3 Å². The van der Waals surface area contributed by atoms with Crippen LogP contribution in [0.25, 0.3) is 6.08 Å². The van der Waals surface area contributed by atoms with Crippen molar-refractivity contribution in [3.05, 3.63) is 23.8 Å². The first-order valence-electron chi connectivity index (χ1n) is 5.87. The standard InChI is InChI=1S/C12H13FN3O3/c1-7-8-2-3-16(10(8)15-6-14-7)11-9(18)4-12(13,5-17)19-11/h2-3,6,9,17-18H,4-5H2,1H3/q+1/t9-,12+/m1/s1. The van der Waals surface area contributed by atoms with Crippen molar-refractivity contribution in [2.24, 2.45) is 0 Å². The Kier molecular flexibility index (Phi) is 2.61. The number of aliphatic hydroxyl groups is 2. The van der Waals surface area contributed by atoms with Crippen LogP contribution in [0.3, 0.4) is 0 Å². The van der Waals surface area contributed by atoms with Crippen LogP contribution in [0, 0.1) is 6.92 Å². The number of ether oxygens (including phenoxy) is 1. The Morgan fingerprint density at radius 3 is 3.05 bits per heavy atom. The van der Waals surface area contributed by atoms with Crippen LogP contribution in [0.1, 0.15) is 17.7 Å². The molecule has 0 spiro atoms. The highest BCUT2D eigenvalue weighted by atomic mass is 19.2. The van der Waals surface area contributed by atoms with Gasteiger partial charge in [0.2, 0.25) is 6.33 Å². The van der Waals surface area contributed by atoms with E-state index in [1.807, 2.05) is 6.92 Å². The Bertz CT molecular complexity index is 602. The molecule has 2 atom stereocenters. The summed E-state index contributed by atoms with van der Waals surface area (Å²) >= 11 is 0. The molecule has 0 radical (unpaired) electrons. The molecular formula is C12H13FN3O3+. The molecule has 0 saturated carbocycles. The predicted molar refractivity (Wildman–Crippen MR) is 63.4 cm³/mol. The van der Waals surface area contributed by atoms with Gasteiger partial charge in [-0.1, -0.05) is 0 Å². The number of nitrogens with zero attached hydrogens (tertiary/aromatic N) is 3. The molecule has 1 aromatic heterocycles. The van der Waals surface area contributed by atoms with Crippen LogP contribution >= 0.6 is 0 Å². The highest BCUT2D eigenvalue weighted by molar-refractivity contribution is 5.81. The summed E-state index contributed by atoms with van der Waals surface area (Å²) in [4.78, 5) is 8.17. The van der Waals surface area contributed by atoms with E-state index >= 15 is 0 Å². The molecule has 7 heteroatoms. The maximum Gasteiger partial charge on any atom is 0.341 e. The second kappa shape index (κ2) is 4.07. The quantitative estimate of drug-likeness (QED) is 0.712. The molecule has 3 heterocycles. The number of fused-ring (bicyclic) bond motifs is 1. The monoisotopic (exact) mass is 266 g/mol. The lowest BCUT2D eigenvalue weighted by Crippen LogP contribution is -2.27. The van der Waals surface area contributed by atoms with Crippen molar-refractivity contribution in [3.63, 3.8) is 0 Å². The molecule has 2 aliphatic heterocycles. The first-order chi connectivity index (χ1) is 9.04. The number of rotatable bonds is 1. The zero-order chi connectivity index (χ0) is 13.6. The molecule has 0 bridgehead atoms. The number of hydrogen-bond donors (Lipinski definition) is 2. The van der Waals surface area contributed by atoms with Gasteiger partial charge in [0, 0.05) is 0 Å². The maximum absolute atomic E-state index is 13.9. The van der Waals surface area contributed by atoms with E-state index in [9.17, 15) is 9.50 Å². The zero-order valence-corrected chi connectivity index (χ0v) is 10.2. The van der Waals surface area contributed by atoms with Gasteiger partial charge in [0.1, 0.15) is 12.8 Å². The van der Waals surface area contributed by atoms with Gasteiger partial charge >= 0.3 is 5.82 Å². The van der Waals surface area contributed by atoms with Crippen molar-refractivity contribution in [1.82, 2.24) is 9.97 Å². The third-order valence-corrected chi connectivity index (χ3v) is 3.22. The molecule has 100 valence electrons. The minimum Gasteiger partial charge on any atom is -0.423 e. The summed E-state index contributed by atoms with van der Waals surface area (Å²) in [5.41, 5.74) is 1.58. The largest absolute Gasteiger partial charge is 0.423 e. The van der Waals surface area contributed by atoms with Crippen molar-refractivity contribution in [1.29, 1.82) is 0 Å². The lowest BCUT2D eigenvalue weighted by Gasteiger charge is -2.13. The van der Waals surface area contributed by atoms with E-state index in [1.54, 1.807) is 12.3 Å². The average Bonchev–Trinajstić information content (AvgIpc) is 2.92. The molecule has 1 aromatic rings. The van der Waals surface area contributed by atoms with E-state index in [-0.39, 0.29) is 12.3 Å². The SMILES string of the molecule is Cc1ncnc2c1C=C[N+]2=C1O[C@](F)(CO)C[C@H]1O. The topological polar surface area (TPSA) is 78.5 Å². The van der Waals surface area contributed by atoms with Crippen LogP contribution < -0.4 is 0 Å². The Balaban J connectivity index is 2.08. The Morgan fingerprint density at radius 2 is 2.37 bits per heavy atom. The third-order valence-electron chi connectivity index (χ3n) is 3.22. The Labute approximate surface area is 108 Å². The van der Waals surface area contributed by atoms with Crippen molar-refractivity contribution in [2.45, 2.75) is 25.3 Å². The summed E-state index contributed by atoms with van der Waals surface area (Å²) in [7, 11) is 0. The van der Waals surface area contributed by atoms with Crippen molar-refractivity contribution in [2.75, 3.05) is 6.61 Å². The van der Waals surface area contributed by atoms with Crippen LogP contribution in [0.4, 0.5) is 10.2 Å². The molecule has 19 heavy (non-hydrogen) atoms. The number of aliphatic hydroxyl groups excluding tert-OH is 2. The lowest BCUT2D eigenvalue weighted by molar-refractivity contribution is -0.379. The number of aromatic nitrogens is 2. The summed E-state index contributed by atoms with van der Waals surface area (Å²) in [5.74, 6) is -1.68. The molecule has 2 aliphatic rings. The average molecular weight is 266 g/mol. The maximum atomic E-state index is 13.9. The summed E-state index contributed by atoms with van der Waals surface area (Å²) < 4.78 is 20.4. The summed E-state index contributed by atoms with van der Waals surface area (Å²) in [6.45, 7) is 1.03. The number of hydrogen-bond acceptors (Lipinski definition) is 5. The van der Waals surface area contributed by atoms with Gasteiger partial charge in [-0.25, -0.2) is 4.98 Å². The van der Waals surface area contributed by atoms with E-state index < -0.39 is 18.6 Å². The fourth-order valence-electron chi connectivity index (χ4n) is 2.24. The molecule has 2 N–H and O–H groups in total. The fraction of sp³-hybridized carbons (Fsp3) is 0.417. The van der Waals surface area contributed by atoms with Gasteiger partial charge in [0.25, 0.3) is 11.8 Å². The molecule has 1 fully saturated rings. The Hall–Kier alpha value is -1.86. The normalized spacial score (nSPS) is 32.5. The smallest absolute Gasteiger partial charge is 0.341 e. The van der Waals surface area contributed by atoms with E-state index in [1.165, 1.54) is 10.9 Å². The van der Waals surface area contributed by atoms with Gasteiger partial charge in [0.15, 0.2) is 6.10 Å². The Morgan fingerprint density at radius 1 is 1.58 bits per heavy atom. The summed E-state index contributed by atoms with van der Waals surface area (Å²) in [5, 5.41) is 18.8. The van der Waals surface area contributed by atoms with Gasteiger partial charge in [-0.15, -0.1) is 0 Å². The second-order valence-corrected chi connectivity index (χ2v) is 4.58. The van der Waals surface area contributed by atoms with Crippen LogP contribution in [-0.2, 0) is 4.74 Å². The molecule has 0 aliphatic carbocycles. The first-order valence-corrected chi connectivity index (χ1v) is 5.87. The molecule has 3 rings (SSSR count). The van der Waals surface area contributed by atoms with Gasteiger partial charge in [0.05, 0.1) is 17.7 Å². The van der Waals surface area contributed by atoms with Gasteiger partial charge in [-0.2, -0.15) is 8.97 Å². The lowest BCUT2D eigenvalue weighted by atomic mass is 10.2. The third kappa shape index (κ3) is 1.82. The van der Waals surface area contributed by atoms with Crippen LogP contribution in [0.15, 0.2) is 12.5 Å². The number of aryl methyl sites for hydroxylation is 1. The van der Waals surface area contributed by atoms with E-state index in [4.69, 9.17) is 9.84 Å². The van der Waals surface area contributed by atoms with Crippen molar-refractivity contribution >= 4 is 17.8 Å². The molecule has 0 unspecified atom stereocenters. The highest BCUT2D eigenvalue weighted by Gasteiger charge is 2.48. The van der Waals surface area contributed by atoms with Crippen LogP contribution in [0.5, 0.6) is 0 Å².